The summed E-state index contributed by atoms with van der Waals surface area (Å²) in [7, 11) is 1.30. The standard InChI is InChI=1S/C18H16N4O4S/c1-11-3-8-14-20-17(21-18(25)22(14)9-11)27-10-15(23)19-13-6-4-12(5-7-13)16(24)26-2/h3-9H,10H2,1-2H3,(H,19,23). The molecule has 0 atom stereocenters. The van der Waals surface area contributed by atoms with Crippen molar-refractivity contribution in [1.29, 1.82) is 0 Å². The van der Waals surface area contributed by atoms with E-state index in [1.807, 2.05) is 13.0 Å². The second-order valence-electron chi connectivity index (χ2n) is 5.63. The first-order valence-corrected chi connectivity index (χ1v) is 8.93. The van der Waals surface area contributed by atoms with Gasteiger partial charge in [-0.1, -0.05) is 17.8 Å². The molecule has 1 amide bonds. The molecular formula is C18H16N4O4S. The Hall–Kier alpha value is -3.20. The van der Waals surface area contributed by atoms with Gasteiger partial charge in [-0.05, 0) is 42.8 Å². The van der Waals surface area contributed by atoms with Crippen molar-refractivity contribution in [2.75, 3.05) is 18.2 Å². The molecule has 138 valence electrons. The van der Waals surface area contributed by atoms with Crippen LogP contribution in [0.3, 0.4) is 0 Å². The van der Waals surface area contributed by atoms with E-state index in [2.05, 4.69) is 20.0 Å². The van der Waals surface area contributed by atoms with Gasteiger partial charge in [0.05, 0.1) is 18.4 Å². The van der Waals surface area contributed by atoms with E-state index >= 15 is 0 Å². The number of nitrogens with one attached hydrogen (secondary N) is 1. The van der Waals surface area contributed by atoms with Gasteiger partial charge in [0.1, 0.15) is 5.65 Å². The van der Waals surface area contributed by atoms with Gasteiger partial charge in [-0.15, -0.1) is 0 Å². The molecule has 8 nitrogen and oxygen atoms in total. The molecule has 3 rings (SSSR count). The van der Waals surface area contributed by atoms with E-state index in [0.29, 0.717) is 16.9 Å². The van der Waals surface area contributed by atoms with Crippen LogP contribution >= 0.6 is 11.8 Å². The molecule has 0 aliphatic rings. The summed E-state index contributed by atoms with van der Waals surface area (Å²) in [6.45, 7) is 1.87. The quantitative estimate of drug-likeness (QED) is 0.529. The largest absolute Gasteiger partial charge is 0.465 e. The lowest BCUT2D eigenvalue weighted by Gasteiger charge is -2.06. The number of benzene rings is 1. The summed E-state index contributed by atoms with van der Waals surface area (Å²) in [5.74, 6) is -0.683. The Morgan fingerprint density at radius 1 is 1.15 bits per heavy atom. The predicted octanol–water partition coefficient (Wildman–Crippen LogP) is 1.92. The SMILES string of the molecule is COC(=O)c1ccc(NC(=O)CSc2nc(=O)n3cc(C)ccc3n2)cc1. The van der Waals surface area contributed by atoms with Gasteiger partial charge in [-0.25, -0.2) is 14.6 Å². The van der Waals surface area contributed by atoms with Gasteiger partial charge >= 0.3 is 11.7 Å². The van der Waals surface area contributed by atoms with Crippen LogP contribution in [0.1, 0.15) is 15.9 Å². The molecule has 3 aromatic rings. The molecular weight excluding hydrogens is 368 g/mol. The second-order valence-corrected chi connectivity index (χ2v) is 6.57. The topological polar surface area (TPSA) is 103 Å². The summed E-state index contributed by atoms with van der Waals surface area (Å²) in [6.07, 6.45) is 1.66. The van der Waals surface area contributed by atoms with Crippen molar-refractivity contribution in [3.05, 3.63) is 64.2 Å². The lowest BCUT2D eigenvalue weighted by atomic mass is 10.2. The zero-order chi connectivity index (χ0) is 19.4. The van der Waals surface area contributed by atoms with Crippen molar-refractivity contribution >= 4 is 35.0 Å². The second kappa shape index (κ2) is 8.00. The van der Waals surface area contributed by atoms with Crippen LogP contribution in [0.15, 0.2) is 52.5 Å². The first-order chi connectivity index (χ1) is 13.0. The van der Waals surface area contributed by atoms with E-state index < -0.39 is 11.7 Å². The van der Waals surface area contributed by atoms with Crippen LogP contribution in [0.5, 0.6) is 0 Å². The molecule has 2 heterocycles. The first-order valence-electron chi connectivity index (χ1n) is 7.94. The van der Waals surface area contributed by atoms with E-state index in [9.17, 15) is 14.4 Å². The summed E-state index contributed by atoms with van der Waals surface area (Å²) in [6, 6.07) is 9.91. The highest BCUT2D eigenvalue weighted by molar-refractivity contribution is 7.99. The number of ether oxygens (including phenoxy) is 1. The lowest BCUT2D eigenvalue weighted by Crippen LogP contribution is -2.20. The maximum atomic E-state index is 12.1. The normalized spacial score (nSPS) is 10.6. The minimum Gasteiger partial charge on any atom is -0.465 e. The zero-order valence-electron chi connectivity index (χ0n) is 14.6. The Morgan fingerprint density at radius 3 is 2.59 bits per heavy atom. The highest BCUT2D eigenvalue weighted by Gasteiger charge is 2.10. The molecule has 0 aliphatic heterocycles. The smallest absolute Gasteiger partial charge is 0.355 e. The highest BCUT2D eigenvalue weighted by atomic mass is 32.2. The molecule has 1 aromatic carbocycles. The fraction of sp³-hybridized carbons (Fsp3) is 0.167. The summed E-state index contributed by atoms with van der Waals surface area (Å²) in [4.78, 5) is 43.7. The third kappa shape index (κ3) is 4.50. The number of carbonyl (C=O) groups excluding carboxylic acids is 2. The van der Waals surface area contributed by atoms with Gasteiger partial charge in [0, 0.05) is 11.9 Å². The van der Waals surface area contributed by atoms with Crippen LogP contribution in [0.2, 0.25) is 0 Å². The average molecular weight is 384 g/mol. The Labute approximate surface area is 158 Å². The fourth-order valence-corrected chi connectivity index (χ4v) is 2.93. The van der Waals surface area contributed by atoms with E-state index in [-0.39, 0.29) is 16.8 Å². The molecule has 1 N–H and O–H groups in total. The number of hydrogen-bond donors (Lipinski definition) is 1. The van der Waals surface area contributed by atoms with Crippen LogP contribution in [0, 0.1) is 6.92 Å². The molecule has 0 bridgehead atoms. The van der Waals surface area contributed by atoms with Gasteiger partial charge in [0.2, 0.25) is 5.91 Å². The van der Waals surface area contributed by atoms with Gasteiger partial charge in [0.15, 0.2) is 5.16 Å². The maximum Gasteiger partial charge on any atom is 0.355 e. The predicted molar refractivity (Wildman–Crippen MR) is 101 cm³/mol. The number of thioether (sulfide) groups is 1. The minimum atomic E-state index is -0.446. The van der Waals surface area contributed by atoms with E-state index in [4.69, 9.17) is 0 Å². The summed E-state index contributed by atoms with van der Waals surface area (Å²) in [5, 5.41) is 2.94. The van der Waals surface area contributed by atoms with Crippen LogP contribution in [-0.4, -0.2) is 39.1 Å². The molecule has 0 aliphatic carbocycles. The molecule has 9 heteroatoms. The van der Waals surface area contributed by atoms with Crippen LogP contribution < -0.4 is 11.0 Å². The summed E-state index contributed by atoms with van der Waals surface area (Å²) >= 11 is 1.07. The number of esters is 1. The summed E-state index contributed by atoms with van der Waals surface area (Å²) in [5.41, 5.74) is 1.89. The molecule has 0 spiro atoms. The molecule has 0 radical (unpaired) electrons. The van der Waals surface area contributed by atoms with Crippen molar-refractivity contribution in [3.8, 4) is 0 Å². The van der Waals surface area contributed by atoms with Crippen LogP contribution in [0.4, 0.5) is 5.69 Å². The molecule has 0 saturated carbocycles. The van der Waals surface area contributed by atoms with Crippen molar-refractivity contribution < 1.29 is 14.3 Å². The van der Waals surface area contributed by atoms with Crippen molar-refractivity contribution in [2.24, 2.45) is 0 Å². The third-order valence-corrected chi connectivity index (χ3v) is 4.45. The molecule has 2 aromatic heterocycles. The van der Waals surface area contributed by atoms with Gasteiger partial charge < -0.3 is 10.1 Å². The van der Waals surface area contributed by atoms with E-state index in [1.165, 1.54) is 11.5 Å². The monoisotopic (exact) mass is 384 g/mol. The molecule has 0 fully saturated rings. The number of amides is 1. The number of aromatic nitrogens is 3. The van der Waals surface area contributed by atoms with E-state index in [1.54, 1.807) is 36.5 Å². The van der Waals surface area contributed by atoms with Crippen LogP contribution in [0.25, 0.3) is 5.65 Å². The first kappa shape index (κ1) is 18.6. The number of carbonyl (C=O) groups is 2. The van der Waals surface area contributed by atoms with Crippen molar-refractivity contribution in [3.63, 3.8) is 0 Å². The number of methoxy groups -OCH3 is 1. The Kier molecular flexibility index (Phi) is 5.51. The van der Waals surface area contributed by atoms with Crippen molar-refractivity contribution in [2.45, 2.75) is 12.1 Å². The van der Waals surface area contributed by atoms with Gasteiger partial charge in [-0.2, -0.15) is 4.98 Å². The number of hydrogen-bond acceptors (Lipinski definition) is 7. The van der Waals surface area contributed by atoms with E-state index in [0.717, 1.165) is 17.3 Å². The number of nitrogens with zero attached hydrogens (tertiary/aromatic N) is 3. The van der Waals surface area contributed by atoms with Crippen LogP contribution in [-0.2, 0) is 9.53 Å². The molecule has 0 saturated heterocycles. The number of pyridine rings is 1. The zero-order valence-corrected chi connectivity index (χ0v) is 15.4. The molecule has 0 unspecified atom stereocenters. The lowest BCUT2D eigenvalue weighted by molar-refractivity contribution is -0.113. The third-order valence-electron chi connectivity index (χ3n) is 3.60. The Balaban J connectivity index is 1.64. The Morgan fingerprint density at radius 2 is 1.89 bits per heavy atom. The Bertz CT molecular complexity index is 1060. The number of aryl methyl sites for hydroxylation is 1. The fourth-order valence-electron chi connectivity index (χ4n) is 2.30. The minimum absolute atomic E-state index is 0.0419. The number of rotatable bonds is 5. The van der Waals surface area contributed by atoms with Crippen molar-refractivity contribution in [1.82, 2.24) is 14.4 Å². The number of anilines is 1. The number of fused-ring (bicyclic) bond motifs is 1. The maximum absolute atomic E-state index is 12.1. The molecule has 27 heavy (non-hydrogen) atoms. The summed E-state index contributed by atoms with van der Waals surface area (Å²) < 4.78 is 5.98. The van der Waals surface area contributed by atoms with Gasteiger partial charge in [-0.3, -0.25) is 9.20 Å². The van der Waals surface area contributed by atoms with Gasteiger partial charge in [0.25, 0.3) is 0 Å². The average Bonchev–Trinajstić information content (AvgIpc) is 2.67. The highest BCUT2D eigenvalue weighted by Crippen LogP contribution is 2.15.